The number of ether oxygens (including phenoxy) is 1. The van der Waals surface area contributed by atoms with E-state index in [-0.39, 0.29) is 24.0 Å². The quantitative estimate of drug-likeness (QED) is 0.421. The van der Waals surface area contributed by atoms with Crippen molar-refractivity contribution in [1.29, 1.82) is 0 Å². The summed E-state index contributed by atoms with van der Waals surface area (Å²) in [6, 6.07) is 0. The van der Waals surface area contributed by atoms with Crippen molar-refractivity contribution in [2.24, 2.45) is 10.9 Å². The second-order valence-corrected chi connectivity index (χ2v) is 6.16. The molecule has 130 valence electrons. The second-order valence-electron chi connectivity index (χ2n) is 6.16. The van der Waals surface area contributed by atoms with Gasteiger partial charge < -0.3 is 19.9 Å². The molecule has 1 unspecified atom stereocenters. The second kappa shape index (κ2) is 9.46. The molecule has 23 heavy (non-hydrogen) atoms. The minimum atomic E-state index is 0. The molecule has 0 aromatic carbocycles. The van der Waals surface area contributed by atoms with E-state index in [4.69, 9.17) is 9.72 Å². The average Bonchev–Trinajstić information content (AvgIpc) is 3.19. The summed E-state index contributed by atoms with van der Waals surface area (Å²) in [7, 11) is 1.82. The first-order valence-electron chi connectivity index (χ1n) is 8.42. The SMILES string of the molecule is CN=C(NCCc1cn2c(n1)CCCC2)NCC1CCOC1.I. The molecule has 1 saturated heterocycles. The normalized spacial score (nSPS) is 20.7. The highest BCUT2D eigenvalue weighted by Crippen LogP contribution is 2.14. The molecular weight excluding hydrogens is 405 g/mol. The smallest absolute Gasteiger partial charge is 0.191 e. The zero-order chi connectivity index (χ0) is 15.2. The third-order valence-corrected chi connectivity index (χ3v) is 4.44. The lowest BCUT2D eigenvalue weighted by molar-refractivity contribution is 0.186. The third kappa shape index (κ3) is 5.34. The van der Waals surface area contributed by atoms with E-state index in [0.717, 1.165) is 58.1 Å². The van der Waals surface area contributed by atoms with Crippen molar-refractivity contribution in [2.45, 2.75) is 38.6 Å². The lowest BCUT2D eigenvalue weighted by Gasteiger charge is -2.14. The summed E-state index contributed by atoms with van der Waals surface area (Å²) in [4.78, 5) is 9.00. The zero-order valence-electron chi connectivity index (χ0n) is 13.9. The van der Waals surface area contributed by atoms with Gasteiger partial charge in [-0.15, -0.1) is 24.0 Å². The van der Waals surface area contributed by atoms with Gasteiger partial charge in [0.1, 0.15) is 5.82 Å². The van der Waals surface area contributed by atoms with Crippen LogP contribution in [0.5, 0.6) is 0 Å². The predicted molar refractivity (Wildman–Crippen MR) is 103 cm³/mol. The Hall–Kier alpha value is -0.830. The van der Waals surface area contributed by atoms with Crippen molar-refractivity contribution in [3.8, 4) is 0 Å². The maximum Gasteiger partial charge on any atom is 0.191 e. The monoisotopic (exact) mass is 433 g/mol. The van der Waals surface area contributed by atoms with Gasteiger partial charge in [-0.25, -0.2) is 4.98 Å². The highest BCUT2D eigenvalue weighted by Gasteiger charge is 2.16. The maximum absolute atomic E-state index is 5.39. The van der Waals surface area contributed by atoms with Gasteiger partial charge in [-0.3, -0.25) is 4.99 Å². The fraction of sp³-hybridized carbons (Fsp3) is 0.750. The largest absolute Gasteiger partial charge is 0.381 e. The van der Waals surface area contributed by atoms with Crippen LogP contribution in [0, 0.1) is 5.92 Å². The number of hydrogen-bond donors (Lipinski definition) is 2. The molecule has 3 rings (SSSR count). The molecule has 1 fully saturated rings. The Morgan fingerprint density at radius 1 is 1.43 bits per heavy atom. The predicted octanol–water partition coefficient (Wildman–Crippen LogP) is 1.58. The van der Waals surface area contributed by atoms with Gasteiger partial charge in [-0.05, 0) is 19.3 Å². The topological polar surface area (TPSA) is 63.5 Å². The van der Waals surface area contributed by atoms with Crippen LogP contribution >= 0.6 is 24.0 Å². The molecule has 0 saturated carbocycles. The first-order chi connectivity index (χ1) is 10.8. The van der Waals surface area contributed by atoms with Gasteiger partial charge in [-0.1, -0.05) is 0 Å². The van der Waals surface area contributed by atoms with Crippen molar-refractivity contribution in [1.82, 2.24) is 20.2 Å². The molecule has 1 atom stereocenters. The summed E-state index contributed by atoms with van der Waals surface area (Å²) >= 11 is 0. The number of fused-ring (bicyclic) bond motifs is 1. The van der Waals surface area contributed by atoms with E-state index in [0.29, 0.717) is 5.92 Å². The van der Waals surface area contributed by atoms with Crippen molar-refractivity contribution >= 4 is 29.9 Å². The van der Waals surface area contributed by atoms with Crippen LogP contribution in [0.1, 0.15) is 30.8 Å². The standard InChI is InChI=1S/C16H27N5O.HI/c1-17-16(19-10-13-6-9-22-12-13)18-7-5-14-11-21-8-3-2-4-15(21)20-14;/h11,13H,2-10,12H2,1H3,(H2,17,18,19);1H. The minimum absolute atomic E-state index is 0. The van der Waals surface area contributed by atoms with Crippen molar-refractivity contribution < 1.29 is 4.74 Å². The van der Waals surface area contributed by atoms with Crippen LogP contribution in [0.25, 0.3) is 0 Å². The number of aromatic nitrogens is 2. The van der Waals surface area contributed by atoms with Crippen LogP contribution in [0.4, 0.5) is 0 Å². The molecule has 0 radical (unpaired) electrons. The van der Waals surface area contributed by atoms with E-state index < -0.39 is 0 Å². The van der Waals surface area contributed by atoms with Gasteiger partial charge >= 0.3 is 0 Å². The molecule has 0 spiro atoms. The van der Waals surface area contributed by atoms with E-state index in [1.165, 1.54) is 24.4 Å². The summed E-state index contributed by atoms with van der Waals surface area (Å²) in [5.74, 6) is 2.74. The van der Waals surface area contributed by atoms with Crippen LogP contribution in [0.15, 0.2) is 11.2 Å². The number of guanidine groups is 1. The molecule has 0 amide bonds. The van der Waals surface area contributed by atoms with E-state index in [1.54, 1.807) is 0 Å². The van der Waals surface area contributed by atoms with E-state index >= 15 is 0 Å². The highest BCUT2D eigenvalue weighted by molar-refractivity contribution is 14.0. The Kier molecular flexibility index (Phi) is 7.61. The molecule has 2 N–H and O–H groups in total. The van der Waals surface area contributed by atoms with Gasteiger partial charge in [0.25, 0.3) is 0 Å². The first kappa shape index (κ1) is 18.5. The number of halogens is 1. The molecule has 6 nitrogen and oxygen atoms in total. The lowest BCUT2D eigenvalue weighted by atomic mass is 10.1. The Morgan fingerprint density at radius 3 is 3.09 bits per heavy atom. The van der Waals surface area contributed by atoms with Gasteiger partial charge in [0.15, 0.2) is 5.96 Å². The Balaban J connectivity index is 0.00000192. The van der Waals surface area contributed by atoms with Crippen LogP contribution in [-0.4, -0.2) is 48.9 Å². The number of imidazole rings is 1. The van der Waals surface area contributed by atoms with Gasteiger partial charge in [0, 0.05) is 58.2 Å². The van der Waals surface area contributed by atoms with Gasteiger partial charge in [0.05, 0.1) is 12.3 Å². The third-order valence-electron chi connectivity index (χ3n) is 4.44. The molecule has 1 aromatic rings. The van der Waals surface area contributed by atoms with Crippen LogP contribution < -0.4 is 10.6 Å². The number of aryl methyl sites for hydroxylation is 2. The average molecular weight is 433 g/mol. The summed E-state index contributed by atoms with van der Waals surface area (Å²) < 4.78 is 7.70. The molecule has 7 heteroatoms. The summed E-state index contributed by atoms with van der Waals surface area (Å²) in [6.07, 6.45) is 7.97. The number of rotatable bonds is 5. The fourth-order valence-electron chi connectivity index (χ4n) is 3.11. The molecule has 2 aliphatic rings. The molecule has 2 aliphatic heterocycles. The Labute approximate surface area is 155 Å². The van der Waals surface area contributed by atoms with Crippen molar-refractivity contribution in [3.63, 3.8) is 0 Å². The van der Waals surface area contributed by atoms with Crippen LogP contribution in [0.3, 0.4) is 0 Å². The van der Waals surface area contributed by atoms with Gasteiger partial charge in [0.2, 0.25) is 0 Å². The molecule has 0 bridgehead atoms. The number of nitrogens with zero attached hydrogens (tertiary/aromatic N) is 3. The number of hydrogen-bond acceptors (Lipinski definition) is 3. The fourth-order valence-corrected chi connectivity index (χ4v) is 3.11. The Bertz CT molecular complexity index is 487. The van der Waals surface area contributed by atoms with Crippen LogP contribution in [-0.2, 0) is 24.1 Å². The number of aliphatic imine (C=N–C) groups is 1. The van der Waals surface area contributed by atoms with E-state index in [1.807, 2.05) is 7.05 Å². The summed E-state index contributed by atoms with van der Waals surface area (Å²) in [5, 5.41) is 6.75. The van der Waals surface area contributed by atoms with Crippen molar-refractivity contribution in [3.05, 3.63) is 17.7 Å². The van der Waals surface area contributed by atoms with Crippen LogP contribution in [0.2, 0.25) is 0 Å². The molecule has 3 heterocycles. The summed E-state index contributed by atoms with van der Waals surface area (Å²) in [5.41, 5.74) is 1.18. The van der Waals surface area contributed by atoms with E-state index in [2.05, 4.69) is 26.4 Å². The van der Waals surface area contributed by atoms with E-state index in [9.17, 15) is 0 Å². The minimum Gasteiger partial charge on any atom is -0.381 e. The summed E-state index contributed by atoms with van der Waals surface area (Å²) in [6.45, 7) is 4.67. The molecular formula is C16H28IN5O. The first-order valence-corrected chi connectivity index (χ1v) is 8.42. The number of nitrogens with one attached hydrogen (secondary N) is 2. The lowest BCUT2D eigenvalue weighted by Crippen LogP contribution is -2.40. The molecule has 0 aliphatic carbocycles. The maximum atomic E-state index is 5.39. The highest BCUT2D eigenvalue weighted by atomic mass is 127. The van der Waals surface area contributed by atoms with Gasteiger partial charge in [-0.2, -0.15) is 0 Å². The van der Waals surface area contributed by atoms with Crippen molar-refractivity contribution in [2.75, 3.05) is 33.4 Å². The zero-order valence-corrected chi connectivity index (χ0v) is 16.2. The Morgan fingerprint density at radius 2 is 2.35 bits per heavy atom. The molecule has 1 aromatic heterocycles.